The maximum atomic E-state index is 11.9. The van der Waals surface area contributed by atoms with Crippen LogP contribution in [0.15, 0.2) is 18.2 Å². The SMILES string of the molecule is Cc1ccc([N+](=O)[O-])c(OCC(F)(F)F)c1. The fourth-order valence-electron chi connectivity index (χ4n) is 1.05. The van der Waals surface area contributed by atoms with E-state index < -0.39 is 23.4 Å². The Kier molecular flexibility index (Phi) is 3.36. The predicted molar refractivity (Wildman–Crippen MR) is 49.4 cm³/mol. The van der Waals surface area contributed by atoms with E-state index in [0.29, 0.717) is 5.56 Å². The average Bonchev–Trinajstić information content (AvgIpc) is 2.13. The second-order valence-corrected chi connectivity index (χ2v) is 3.13. The molecule has 0 saturated carbocycles. The molecule has 0 N–H and O–H groups in total. The molecule has 0 bridgehead atoms. The van der Waals surface area contributed by atoms with E-state index in [2.05, 4.69) is 4.74 Å². The molecule has 0 spiro atoms. The van der Waals surface area contributed by atoms with E-state index in [1.54, 1.807) is 6.92 Å². The number of nitrogens with zero attached hydrogens (tertiary/aromatic N) is 1. The van der Waals surface area contributed by atoms with Gasteiger partial charge in [-0.05, 0) is 18.6 Å². The van der Waals surface area contributed by atoms with Crippen molar-refractivity contribution < 1.29 is 22.8 Å². The molecular formula is C9H8F3NO3. The third-order valence-corrected chi connectivity index (χ3v) is 1.70. The normalized spacial score (nSPS) is 11.2. The van der Waals surface area contributed by atoms with Crippen LogP contribution < -0.4 is 4.74 Å². The Hall–Kier alpha value is -1.79. The van der Waals surface area contributed by atoms with Crippen LogP contribution in [-0.4, -0.2) is 17.7 Å². The molecule has 0 aliphatic carbocycles. The summed E-state index contributed by atoms with van der Waals surface area (Å²) in [5.74, 6) is -0.373. The summed E-state index contributed by atoms with van der Waals surface area (Å²) in [6, 6.07) is 3.74. The third-order valence-electron chi connectivity index (χ3n) is 1.70. The van der Waals surface area contributed by atoms with Gasteiger partial charge in [0.05, 0.1) is 4.92 Å². The summed E-state index contributed by atoms with van der Waals surface area (Å²) in [5, 5.41) is 10.5. The first kappa shape index (κ1) is 12.3. The zero-order chi connectivity index (χ0) is 12.3. The molecule has 0 atom stereocenters. The molecule has 0 aliphatic rings. The van der Waals surface area contributed by atoms with Crippen LogP contribution >= 0.6 is 0 Å². The minimum atomic E-state index is -4.52. The molecule has 0 aliphatic heterocycles. The van der Waals surface area contributed by atoms with Gasteiger partial charge in [0, 0.05) is 6.07 Å². The minimum Gasteiger partial charge on any atom is -0.477 e. The molecule has 1 rings (SSSR count). The summed E-state index contributed by atoms with van der Waals surface area (Å²) in [7, 11) is 0. The molecule has 0 saturated heterocycles. The third kappa shape index (κ3) is 3.41. The van der Waals surface area contributed by atoms with Crippen molar-refractivity contribution in [2.24, 2.45) is 0 Å². The molecule has 7 heteroatoms. The average molecular weight is 235 g/mol. The van der Waals surface area contributed by atoms with Gasteiger partial charge in [-0.1, -0.05) is 6.07 Å². The van der Waals surface area contributed by atoms with Crippen LogP contribution in [0.4, 0.5) is 18.9 Å². The van der Waals surface area contributed by atoms with Gasteiger partial charge in [-0.15, -0.1) is 0 Å². The van der Waals surface area contributed by atoms with E-state index in [-0.39, 0.29) is 5.75 Å². The van der Waals surface area contributed by atoms with E-state index in [9.17, 15) is 23.3 Å². The van der Waals surface area contributed by atoms with Gasteiger partial charge in [-0.25, -0.2) is 0 Å². The van der Waals surface area contributed by atoms with Gasteiger partial charge >= 0.3 is 11.9 Å². The number of rotatable bonds is 3. The topological polar surface area (TPSA) is 52.4 Å². The number of ether oxygens (including phenoxy) is 1. The molecule has 0 aromatic heterocycles. The van der Waals surface area contributed by atoms with Crippen LogP contribution in [0.5, 0.6) is 5.75 Å². The van der Waals surface area contributed by atoms with Crippen molar-refractivity contribution in [2.45, 2.75) is 13.1 Å². The van der Waals surface area contributed by atoms with Crippen molar-refractivity contribution in [3.63, 3.8) is 0 Å². The summed E-state index contributed by atoms with van der Waals surface area (Å²) < 4.78 is 40.0. The van der Waals surface area contributed by atoms with E-state index in [1.807, 2.05) is 0 Å². The first-order valence-corrected chi connectivity index (χ1v) is 4.24. The van der Waals surface area contributed by atoms with Gasteiger partial charge in [0.1, 0.15) is 0 Å². The highest BCUT2D eigenvalue weighted by Gasteiger charge is 2.29. The Labute approximate surface area is 88.8 Å². The second-order valence-electron chi connectivity index (χ2n) is 3.13. The molecule has 1 aromatic carbocycles. The maximum absolute atomic E-state index is 11.9. The van der Waals surface area contributed by atoms with Gasteiger partial charge in [0.15, 0.2) is 12.4 Å². The van der Waals surface area contributed by atoms with Crippen molar-refractivity contribution in [1.29, 1.82) is 0 Å². The highest BCUT2D eigenvalue weighted by atomic mass is 19.4. The van der Waals surface area contributed by atoms with Crippen molar-refractivity contribution in [3.05, 3.63) is 33.9 Å². The Morgan fingerprint density at radius 1 is 1.44 bits per heavy atom. The van der Waals surface area contributed by atoms with Crippen molar-refractivity contribution >= 4 is 5.69 Å². The molecule has 4 nitrogen and oxygen atoms in total. The number of nitro groups is 1. The zero-order valence-electron chi connectivity index (χ0n) is 8.25. The maximum Gasteiger partial charge on any atom is 0.422 e. The number of hydrogen-bond donors (Lipinski definition) is 0. The highest BCUT2D eigenvalue weighted by molar-refractivity contribution is 5.48. The van der Waals surface area contributed by atoms with Crippen molar-refractivity contribution in [1.82, 2.24) is 0 Å². The van der Waals surface area contributed by atoms with Gasteiger partial charge in [-0.3, -0.25) is 10.1 Å². The molecular weight excluding hydrogens is 227 g/mol. The zero-order valence-corrected chi connectivity index (χ0v) is 8.25. The lowest BCUT2D eigenvalue weighted by atomic mass is 10.2. The number of nitro benzene ring substituents is 1. The Morgan fingerprint density at radius 3 is 2.56 bits per heavy atom. The first-order chi connectivity index (χ1) is 7.29. The minimum absolute atomic E-state index is 0.373. The Bertz CT molecular complexity index is 403. The van der Waals surface area contributed by atoms with Crippen molar-refractivity contribution in [2.75, 3.05) is 6.61 Å². The number of benzene rings is 1. The Balaban J connectivity index is 2.93. The smallest absolute Gasteiger partial charge is 0.422 e. The van der Waals surface area contributed by atoms with Crippen LogP contribution in [0.25, 0.3) is 0 Å². The summed E-state index contributed by atoms with van der Waals surface area (Å²) in [6.45, 7) is 0.0570. The highest BCUT2D eigenvalue weighted by Crippen LogP contribution is 2.29. The van der Waals surface area contributed by atoms with Gasteiger partial charge < -0.3 is 4.74 Å². The summed E-state index contributed by atoms with van der Waals surface area (Å²) in [6.07, 6.45) is -4.52. The van der Waals surface area contributed by atoms with E-state index in [4.69, 9.17) is 0 Å². The van der Waals surface area contributed by atoms with Crippen LogP contribution in [-0.2, 0) is 0 Å². The monoisotopic (exact) mass is 235 g/mol. The summed E-state index contributed by atoms with van der Waals surface area (Å²) >= 11 is 0. The van der Waals surface area contributed by atoms with E-state index in [0.717, 1.165) is 6.07 Å². The number of hydrogen-bond acceptors (Lipinski definition) is 3. The molecule has 0 heterocycles. The number of alkyl halides is 3. The number of aryl methyl sites for hydroxylation is 1. The fourth-order valence-corrected chi connectivity index (χ4v) is 1.05. The van der Waals surface area contributed by atoms with Crippen LogP contribution in [0.1, 0.15) is 5.56 Å². The summed E-state index contributed by atoms with van der Waals surface area (Å²) in [5.41, 5.74) is 0.109. The molecule has 0 radical (unpaired) electrons. The Morgan fingerprint density at radius 2 is 2.06 bits per heavy atom. The molecule has 0 amide bonds. The van der Waals surface area contributed by atoms with Crippen molar-refractivity contribution in [3.8, 4) is 5.75 Å². The van der Waals surface area contributed by atoms with E-state index in [1.165, 1.54) is 12.1 Å². The molecule has 16 heavy (non-hydrogen) atoms. The van der Waals surface area contributed by atoms with Crippen LogP contribution in [0, 0.1) is 17.0 Å². The molecule has 88 valence electrons. The van der Waals surface area contributed by atoms with Crippen LogP contribution in [0.2, 0.25) is 0 Å². The van der Waals surface area contributed by atoms with E-state index >= 15 is 0 Å². The van der Waals surface area contributed by atoms with Gasteiger partial charge in [0.25, 0.3) is 0 Å². The predicted octanol–water partition coefficient (Wildman–Crippen LogP) is 2.84. The number of halogens is 3. The fraction of sp³-hybridized carbons (Fsp3) is 0.333. The lowest BCUT2D eigenvalue weighted by molar-refractivity contribution is -0.386. The first-order valence-electron chi connectivity index (χ1n) is 4.24. The quantitative estimate of drug-likeness (QED) is 0.597. The lowest BCUT2D eigenvalue weighted by Crippen LogP contribution is -2.19. The molecule has 0 fully saturated rings. The van der Waals surface area contributed by atoms with Crippen LogP contribution in [0.3, 0.4) is 0 Å². The summed E-state index contributed by atoms with van der Waals surface area (Å²) in [4.78, 5) is 9.72. The second kappa shape index (κ2) is 4.38. The molecule has 1 aromatic rings. The molecule has 0 unspecified atom stereocenters. The standard InChI is InChI=1S/C9H8F3NO3/c1-6-2-3-7(13(14)15)8(4-6)16-5-9(10,11)12/h2-4H,5H2,1H3. The lowest BCUT2D eigenvalue weighted by Gasteiger charge is -2.09. The largest absolute Gasteiger partial charge is 0.477 e. The van der Waals surface area contributed by atoms with Gasteiger partial charge in [-0.2, -0.15) is 13.2 Å². The van der Waals surface area contributed by atoms with Gasteiger partial charge in [0.2, 0.25) is 0 Å².